The van der Waals surface area contributed by atoms with Crippen LogP contribution >= 0.6 is 23.2 Å². The highest BCUT2D eigenvalue weighted by atomic mass is 35.5. The van der Waals surface area contributed by atoms with Crippen LogP contribution in [0, 0.1) is 5.92 Å². The smallest absolute Gasteiger partial charge is 0.410 e. The molecule has 6 nitrogen and oxygen atoms in total. The molecule has 1 aromatic carbocycles. The number of likely N-dealkylation sites (tertiary alicyclic amines) is 2. The van der Waals surface area contributed by atoms with E-state index in [4.69, 9.17) is 27.9 Å². The molecule has 2 aliphatic rings. The monoisotopic (exact) mass is 427 g/mol. The van der Waals surface area contributed by atoms with Crippen molar-refractivity contribution >= 4 is 40.9 Å². The van der Waals surface area contributed by atoms with Crippen molar-refractivity contribution in [3.05, 3.63) is 28.2 Å². The van der Waals surface area contributed by atoms with Gasteiger partial charge in [-0.1, -0.05) is 23.2 Å². The highest BCUT2D eigenvalue weighted by Crippen LogP contribution is 2.33. The van der Waals surface area contributed by atoms with Crippen LogP contribution < -0.4 is 5.32 Å². The van der Waals surface area contributed by atoms with Crippen molar-refractivity contribution in [2.75, 3.05) is 31.5 Å². The van der Waals surface area contributed by atoms with Gasteiger partial charge < -0.3 is 19.9 Å². The number of nitrogens with one attached hydrogen (secondary N) is 1. The summed E-state index contributed by atoms with van der Waals surface area (Å²) in [5.74, 6) is 0.418. The number of piperidine rings is 1. The number of benzene rings is 1. The van der Waals surface area contributed by atoms with Gasteiger partial charge in [0, 0.05) is 35.4 Å². The normalized spacial score (nSPS) is 22.0. The number of hydrogen-bond donors (Lipinski definition) is 1. The second-order valence-electron chi connectivity index (χ2n) is 8.43. The van der Waals surface area contributed by atoms with E-state index in [0.29, 0.717) is 41.3 Å². The predicted molar refractivity (Wildman–Crippen MR) is 111 cm³/mol. The summed E-state index contributed by atoms with van der Waals surface area (Å²) < 4.78 is 5.54. The van der Waals surface area contributed by atoms with Gasteiger partial charge in [0.05, 0.1) is 12.6 Å². The van der Waals surface area contributed by atoms with E-state index in [-0.39, 0.29) is 24.6 Å². The molecule has 2 aliphatic heterocycles. The number of fused-ring (bicyclic) bond motifs is 1. The number of anilines is 1. The lowest BCUT2D eigenvalue weighted by Crippen LogP contribution is -2.53. The minimum absolute atomic E-state index is 0.00872. The SMILES string of the molecule is CC(C)(C)OC(=O)N1CCC2CCN(C(=O)CNc3cc(Cl)cc(Cl)c3)CC21. The van der Waals surface area contributed by atoms with E-state index in [0.717, 1.165) is 12.8 Å². The van der Waals surface area contributed by atoms with Crippen molar-refractivity contribution in [3.8, 4) is 0 Å². The molecule has 28 heavy (non-hydrogen) atoms. The number of halogens is 2. The second kappa shape index (κ2) is 8.37. The maximum Gasteiger partial charge on any atom is 0.410 e. The third-order valence-electron chi connectivity index (χ3n) is 5.15. The first-order chi connectivity index (χ1) is 13.1. The van der Waals surface area contributed by atoms with Gasteiger partial charge in [-0.15, -0.1) is 0 Å². The standard InChI is InChI=1S/C20H27Cl2N3O3/c1-20(2,3)28-19(27)25-7-5-13-4-6-24(12-17(13)25)18(26)11-23-16-9-14(21)8-15(22)10-16/h8-10,13,17,23H,4-7,11-12H2,1-3H3. The summed E-state index contributed by atoms with van der Waals surface area (Å²) in [6.45, 7) is 7.68. The average molecular weight is 428 g/mol. The third-order valence-corrected chi connectivity index (χ3v) is 5.59. The minimum Gasteiger partial charge on any atom is -0.444 e. The fourth-order valence-corrected chi connectivity index (χ4v) is 4.39. The number of carbonyl (C=O) groups excluding carboxylic acids is 2. The van der Waals surface area contributed by atoms with Crippen LogP contribution in [0.5, 0.6) is 0 Å². The molecule has 2 saturated heterocycles. The van der Waals surface area contributed by atoms with Gasteiger partial charge in [-0.3, -0.25) is 4.79 Å². The molecule has 3 rings (SSSR count). The van der Waals surface area contributed by atoms with Crippen LogP contribution in [0.25, 0.3) is 0 Å². The first kappa shape index (κ1) is 21.1. The summed E-state index contributed by atoms with van der Waals surface area (Å²) in [6.07, 6.45) is 1.57. The number of hydrogen-bond acceptors (Lipinski definition) is 4. The molecule has 154 valence electrons. The van der Waals surface area contributed by atoms with Crippen LogP contribution in [0.15, 0.2) is 18.2 Å². The summed E-state index contributed by atoms with van der Waals surface area (Å²) in [7, 11) is 0. The Morgan fingerprint density at radius 2 is 1.79 bits per heavy atom. The van der Waals surface area contributed by atoms with E-state index in [1.54, 1.807) is 23.1 Å². The Kier molecular flexibility index (Phi) is 6.30. The van der Waals surface area contributed by atoms with E-state index in [1.165, 1.54) is 0 Å². The van der Waals surface area contributed by atoms with Crippen LogP contribution in [0.4, 0.5) is 10.5 Å². The Morgan fingerprint density at radius 3 is 2.43 bits per heavy atom. The molecule has 0 spiro atoms. The van der Waals surface area contributed by atoms with Crippen molar-refractivity contribution in [1.82, 2.24) is 9.80 Å². The summed E-state index contributed by atoms with van der Waals surface area (Å²) >= 11 is 12.0. The van der Waals surface area contributed by atoms with Gasteiger partial charge in [0.15, 0.2) is 0 Å². The minimum atomic E-state index is -0.526. The van der Waals surface area contributed by atoms with E-state index >= 15 is 0 Å². The first-order valence-electron chi connectivity index (χ1n) is 9.60. The Bertz CT molecular complexity index is 730. The molecule has 1 N–H and O–H groups in total. The van der Waals surface area contributed by atoms with Crippen molar-refractivity contribution in [1.29, 1.82) is 0 Å². The molecule has 0 aliphatic carbocycles. The Hall–Kier alpha value is -1.66. The zero-order valence-electron chi connectivity index (χ0n) is 16.5. The van der Waals surface area contributed by atoms with Crippen molar-refractivity contribution in [2.24, 2.45) is 5.92 Å². The van der Waals surface area contributed by atoms with E-state index in [2.05, 4.69) is 5.32 Å². The molecule has 2 fully saturated rings. The topological polar surface area (TPSA) is 61.9 Å². The molecule has 0 radical (unpaired) electrons. The maximum atomic E-state index is 12.7. The van der Waals surface area contributed by atoms with E-state index in [1.807, 2.05) is 25.7 Å². The molecular formula is C20H27Cl2N3O3. The van der Waals surface area contributed by atoms with Gasteiger partial charge in [-0.2, -0.15) is 0 Å². The lowest BCUT2D eigenvalue weighted by molar-refractivity contribution is -0.131. The van der Waals surface area contributed by atoms with Crippen LogP contribution in [-0.2, 0) is 9.53 Å². The number of carbonyl (C=O) groups is 2. The van der Waals surface area contributed by atoms with Crippen LogP contribution in [0.3, 0.4) is 0 Å². The molecule has 2 atom stereocenters. The fourth-order valence-electron chi connectivity index (χ4n) is 3.86. The molecule has 2 amide bonds. The van der Waals surface area contributed by atoms with Crippen molar-refractivity contribution in [2.45, 2.75) is 45.3 Å². The molecule has 1 aromatic rings. The molecule has 2 unspecified atom stereocenters. The number of ether oxygens (including phenoxy) is 1. The van der Waals surface area contributed by atoms with Gasteiger partial charge in [0.1, 0.15) is 5.60 Å². The highest BCUT2D eigenvalue weighted by Gasteiger charge is 2.42. The van der Waals surface area contributed by atoms with Gasteiger partial charge in [-0.25, -0.2) is 4.79 Å². The van der Waals surface area contributed by atoms with Gasteiger partial charge in [0.25, 0.3) is 0 Å². The summed E-state index contributed by atoms with van der Waals surface area (Å²) in [5.41, 5.74) is 0.179. The van der Waals surface area contributed by atoms with Gasteiger partial charge in [0.2, 0.25) is 5.91 Å². The summed E-state index contributed by atoms with van der Waals surface area (Å²) in [5, 5.41) is 4.11. The average Bonchev–Trinajstić information content (AvgIpc) is 3.00. The molecule has 2 heterocycles. The second-order valence-corrected chi connectivity index (χ2v) is 9.30. The molecule has 0 bridgehead atoms. The maximum absolute atomic E-state index is 12.7. The molecular weight excluding hydrogens is 401 g/mol. The van der Waals surface area contributed by atoms with Crippen LogP contribution in [0.2, 0.25) is 10.0 Å². The number of nitrogens with zero attached hydrogens (tertiary/aromatic N) is 2. The van der Waals surface area contributed by atoms with E-state index < -0.39 is 5.60 Å². The number of rotatable bonds is 3. The van der Waals surface area contributed by atoms with Crippen LogP contribution in [0.1, 0.15) is 33.6 Å². The third kappa shape index (κ3) is 5.23. The highest BCUT2D eigenvalue weighted by molar-refractivity contribution is 6.35. The predicted octanol–water partition coefficient (Wildman–Crippen LogP) is 4.26. The van der Waals surface area contributed by atoms with Crippen molar-refractivity contribution in [3.63, 3.8) is 0 Å². The van der Waals surface area contributed by atoms with Crippen molar-refractivity contribution < 1.29 is 14.3 Å². The summed E-state index contributed by atoms with van der Waals surface area (Å²) in [6, 6.07) is 5.13. The lowest BCUT2D eigenvalue weighted by atomic mass is 9.92. The lowest BCUT2D eigenvalue weighted by Gasteiger charge is -2.38. The zero-order valence-corrected chi connectivity index (χ0v) is 18.0. The molecule has 0 aromatic heterocycles. The first-order valence-corrected chi connectivity index (χ1v) is 10.4. The van der Waals surface area contributed by atoms with Gasteiger partial charge >= 0.3 is 6.09 Å². The Morgan fingerprint density at radius 1 is 1.14 bits per heavy atom. The van der Waals surface area contributed by atoms with E-state index in [9.17, 15) is 9.59 Å². The quantitative estimate of drug-likeness (QED) is 0.782. The van der Waals surface area contributed by atoms with Crippen LogP contribution in [-0.4, -0.2) is 59.6 Å². The summed E-state index contributed by atoms with van der Waals surface area (Å²) in [4.78, 5) is 28.8. The fraction of sp³-hybridized carbons (Fsp3) is 0.600. The Labute approximate surface area is 176 Å². The molecule has 0 saturated carbocycles. The zero-order chi connectivity index (χ0) is 20.5. The van der Waals surface area contributed by atoms with Gasteiger partial charge in [-0.05, 0) is 57.7 Å². The number of amides is 2. The molecule has 8 heteroatoms. The largest absolute Gasteiger partial charge is 0.444 e. The Balaban J connectivity index is 1.58.